The normalized spacial score (nSPS) is 11.6. The zero-order valence-corrected chi connectivity index (χ0v) is 15.3. The number of rotatable bonds is 5. The molecule has 29 heavy (non-hydrogen) atoms. The van der Waals surface area contributed by atoms with Gasteiger partial charge in [0.15, 0.2) is 23.0 Å². The van der Waals surface area contributed by atoms with Crippen molar-refractivity contribution in [3.05, 3.63) is 65.9 Å². The van der Waals surface area contributed by atoms with Crippen molar-refractivity contribution in [2.24, 2.45) is 0 Å². The fraction of sp³-hybridized carbons (Fsp3) is 0.100. The van der Waals surface area contributed by atoms with Crippen LogP contribution in [0, 0.1) is 0 Å². The van der Waals surface area contributed by atoms with Gasteiger partial charge in [-0.25, -0.2) is 4.79 Å². The minimum atomic E-state index is -0.471. The maximum atomic E-state index is 12.4. The Morgan fingerprint density at radius 2 is 1.83 bits per heavy atom. The van der Waals surface area contributed by atoms with Crippen molar-refractivity contribution in [2.75, 3.05) is 24.5 Å². The Hall–Kier alpha value is -4.14. The van der Waals surface area contributed by atoms with Crippen LogP contribution in [0.4, 0.5) is 17.2 Å². The second-order valence-electron chi connectivity index (χ2n) is 5.99. The molecule has 0 spiro atoms. The van der Waals surface area contributed by atoms with Crippen molar-refractivity contribution in [1.82, 2.24) is 10.2 Å². The third-order valence-electron chi connectivity index (χ3n) is 4.12. The molecule has 3 aromatic rings. The third kappa shape index (κ3) is 3.93. The van der Waals surface area contributed by atoms with Gasteiger partial charge in [0.1, 0.15) is 0 Å². The number of para-hydroxylation sites is 1. The molecule has 0 bridgehead atoms. The van der Waals surface area contributed by atoms with E-state index in [0.717, 1.165) is 0 Å². The quantitative estimate of drug-likeness (QED) is 0.638. The van der Waals surface area contributed by atoms with E-state index in [4.69, 9.17) is 14.2 Å². The van der Waals surface area contributed by atoms with Crippen LogP contribution in [0.1, 0.15) is 20.8 Å². The van der Waals surface area contributed by atoms with Gasteiger partial charge in [-0.3, -0.25) is 4.79 Å². The molecule has 1 aliphatic heterocycles. The van der Waals surface area contributed by atoms with E-state index in [1.54, 1.807) is 48.5 Å². The highest BCUT2D eigenvalue weighted by Crippen LogP contribution is 2.34. The fourth-order valence-electron chi connectivity index (χ4n) is 2.71. The Balaban J connectivity index is 1.45. The molecule has 1 aliphatic rings. The second-order valence-corrected chi connectivity index (χ2v) is 5.99. The van der Waals surface area contributed by atoms with Crippen LogP contribution in [0.3, 0.4) is 0 Å². The van der Waals surface area contributed by atoms with Crippen molar-refractivity contribution in [3.63, 3.8) is 0 Å². The highest BCUT2D eigenvalue weighted by atomic mass is 16.7. The van der Waals surface area contributed by atoms with Gasteiger partial charge < -0.3 is 24.8 Å². The molecule has 4 rings (SSSR count). The lowest BCUT2D eigenvalue weighted by Crippen LogP contribution is -2.14. The van der Waals surface area contributed by atoms with Gasteiger partial charge in [0.2, 0.25) is 6.79 Å². The Kier molecular flexibility index (Phi) is 4.93. The second kappa shape index (κ2) is 7.85. The molecule has 9 heteroatoms. The summed E-state index contributed by atoms with van der Waals surface area (Å²) in [5.41, 5.74) is 1.57. The van der Waals surface area contributed by atoms with Crippen LogP contribution in [0.2, 0.25) is 0 Å². The summed E-state index contributed by atoms with van der Waals surface area (Å²) in [5, 5.41) is 13.7. The summed E-state index contributed by atoms with van der Waals surface area (Å²) in [7, 11) is 1.31. The first-order valence-electron chi connectivity index (χ1n) is 8.63. The van der Waals surface area contributed by atoms with Crippen molar-refractivity contribution < 1.29 is 23.8 Å². The third-order valence-corrected chi connectivity index (χ3v) is 4.12. The van der Waals surface area contributed by atoms with Gasteiger partial charge in [0.05, 0.1) is 18.4 Å². The molecule has 9 nitrogen and oxygen atoms in total. The Bertz CT molecular complexity index is 1070. The minimum Gasteiger partial charge on any atom is -0.465 e. The number of nitrogens with one attached hydrogen (secondary N) is 2. The number of carbonyl (C=O) groups excluding carboxylic acids is 2. The topological polar surface area (TPSA) is 112 Å². The summed E-state index contributed by atoms with van der Waals surface area (Å²) in [4.78, 5) is 24.2. The van der Waals surface area contributed by atoms with E-state index in [9.17, 15) is 9.59 Å². The molecule has 2 aromatic carbocycles. The van der Waals surface area contributed by atoms with E-state index in [2.05, 4.69) is 20.8 Å². The summed E-state index contributed by atoms with van der Waals surface area (Å²) < 4.78 is 15.3. The van der Waals surface area contributed by atoms with Gasteiger partial charge in [-0.2, -0.15) is 0 Å². The van der Waals surface area contributed by atoms with Crippen molar-refractivity contribution in [1.29, 1.82) is 0 Å². The van der Waals surface area contributed by atoms with Crippen molar-refractivity contribution in [3.8, 4) is 11.5 Å². The first-order valence-corrected chi connectivity index (χ1v) is 8.63. The summed E-state index contributed by atoms with van der Waals surface area (Å²) in [6, 6.07) is 15.1. The molecule has 2 heterocycles. The number of esters is 1. The average molecular weight is 392 g/mol. The molecule has 146 valence electrons. The van der Waals surface area contributed by atoms with Crippen LogP contribution >= 0.6 is 0 Å². The zero-order chi connectivity index (χ0) is 20.2. The van der Waals surface area contributed by atoms with Crippen LogP contribution in [-0.2, 0) is 4.74 Å². The van der Waals surface area contributed by atoms with E-state index in [1.807, 2.05) is 0 Å². The number of methoxy groups -OCH3 is 1. The molecule has 2 N–H and O–H groups in total. The van der Waals surface area contributed by atoms with Crippen molar-refractivity contribution >= 4 is 29.1 Å². The Morgan fingerprint density at radius 3 is 2.62 bits per heavy atom. The number of aromatic nitrogens is 2. The fourth-order valence-corrected chi connectivity index (χ4v) is 2.71. The summed E-state index contributed by atoms with van der Waals surface area (Å²) >= 11 is 0. The lowest BCUT2D eigenvalue weighted by atomic mass is 10.2. The average Bonchev–Trinajstić information content (AvgIpc) is 3.22. The molecule has 0 saturated heterocycles. The number of hydrogen-bond donors (Lipinski definition) is 2. The molecular formula is C20H16N4O5. The monoisotopic (exact) mass is 392 g/mol. The van der Waals surface area contributed by atoms with Gasteiger partial charge in [0.25, 0.3) is 5.91 Å². The predicted molar refractivity (Wildman–Crippen MR) is 104 cm³/mol. The first-order chi connectivity index (χ1) is 14.1. The maximum Gasteiger partial charge on any atom is 0.339 e. The molecular weight excluding hydrogens is 376 g/mol. The van der Waals surface area contributed by atoms with Crippen LogP contribution in [0.25, 0.3) is 0 Å². The molecule has 0 saturated carbocycles. The lowest BCUT2D eigenvalue weighted by Gasteiger charge is -2.10. The summed E-state index contributed by atoms with van der Waals surface area (Å²) in [6.45, 7) is 0.159. The van der Waals surface area contributed by atoms with Gasteiger partial charge in [-0.1, -0.05) is 12.1 Å². The van der Waals surface area contributed by atoms with E-state index in [1.165, 1.54) is 13.2 Å². The highest BCUT2D eigenvalue weighted by molar-refractivity contribution is 6.03. The number of benzene rings is 2. The van der Waals surface area contributed by atoms with Crippen LogP contribution in [0.15, 0.2) is 54.6 Å². The van der Waals surface area contributed by atoms with E-state index in [-0.39, 0.29) is 12.5 Å². The largest absolute Gasteiger partial charge is 0.465 e. The van der Waals surface area contributed by atoms with Gasteiger partial charge in [-0.05, 0) is 36.4 Å². The van der Waals surface area contributed by atoms with E-state index >= 15 is 0 Å². The number of fused-ring (bicyclic) bond motifs is 1. The smallest absolute Gasteiger partial charge is 0.339 e. The highest BCUT2D eigenvalue weighted by Gasteiger charge is 2.16. The number of amides is 1. The number of nitrogens with zero attached hydrogens (tertiary/aromatic N) is 2. The standard InChI is InChI=1S/C20H16N4O5/c1-27-20(26)13-4-2-3-5-14(13)22-18-9-7-15(23-24-18)19(25)21-12-6-8-16-17(10-12)29-11-28-16/h2-10H,11H2,1H3,(H,21,25)(H,22,24). The van der Waals surface area contributed by atoms with Crippen molar-refractivity contribution in [2.45, 2.75) is 0 Å². The zero-order valence-electron chi connectivity index (χ0n) is 15.3. The first kappa shape index (κ1) is 18.2. The molecule has 0 fully saturated rings. The Labute approximate surface area is 165 Å². The molecule has 0 unspecified atom stereocenters. The minimum absolute atomic E-state index is 0.134. The SMILES string of the molecule is COC(=O)c1ccccc1Nc1ccc(C(=O)Nc2ccc3c(c2)OCO3)nn1. The molecule has 0 atom stereocenters. The maximum absolute atomic E-state index is 12.4. The predicted octanol–water partition coefficient (Wildman–Crippen LogP) is 2.99. The molecule has 0 aliphatic carbocycles. The van der Waals surface area contributed by atoms with Gasteiger partial charge in [-0.15, -0.1) is 10.2 Å². The lowest BCUT2D eigenvalue weighted by molar-refractivity contribution is 0.0601. The molecule has 1 amide bonds. The Morgan fingerprint density at radius 1 is 1.00 bits per heavy atom. The summed E-state index contributed by atoms with van der Waals surface area (Å²) in [6.07, 6.45) is 0. The number of hydrogen-bond acceptors (Lipinski definition) is 8. The molecule has 0 radical (unpaired) electrons. The number of ether oxygens (including phenoxy) is 3. The van der Waals surface area contributed by atoms with Crippen LogP contribution in [0.5, 0.6) is 11.5 Å². The van der Waals surface area contributed by atoms with Gasteiger partial charge in [0, 0.05) is 11.8 Å². The van der Waals surface area contributed by atoms with E-state index < -0.39 is 11.9 Å². The number of carbonyl (C=O) groups is 2. The number of anilines is 3. The van der Waals surface area contributed by atoms with E-state index in [0.29, 0.717) is 34.3 Å². The van der Waals surface area contributed by atoms with Crippen LogP contribution < -0.4 is 20.1 Å². The summed E-state index contributed by atoms with van der Waals surface area (Å²) in [5.74, 6) is 0.683. The molecule has 1 aromatic heterocycles. The van der Waals surface area contributed by atoms with Gasteiger partial charge >= 0.3 is 5.97 Å². The van der Waals surface area contributed by atoms with Crippen LogP contribution in [-0.4, -0.2) is 36.0 Å².